The third-order valence-electron chi connectivity index (χ3n) is 4.96. The lowest BCUT2D eigenvalue weighted by atomic mass is 9.99. The van der Waals surface area contributed by atoms with Crippen LogP contribution >= 0.6 is 0 Å². The highest BCUT2D eigenvalue weighted by Gasteiger charge is 2.20. The van der Waals surface area contributed by atoms with Gasteiger partial charge in [0.15, 0.2) is 0 Å². The number of hydrogen-bond donors (Lipinski definition) is 4. The molecule has 2 fully saturated rings. The van der Waals surface area contributed by atoms with E-state index >= 15 is 0 Å². The molecule has 0 unspecified atom stereocenters. The second-order valence-corrected chi connectivity index (χ2v) is 6.60. The van der Waals surface area contributed by atoms with Crippen LogP contribution in [-0.4, -0.2) is 50.3 Å². The van der Waals surface area contributed by atoms with E-state index in [1.54, 1.807) is 0 Å². The van der Waals surface area contributed by atoms with Crippen molar-refractivity contribution in [3.8, 4) is 0 Å². The van der Waals surface area contributed by atoms with Gasteiger partial charge in [-0.15, -0.1) is 0 Å². The Balaban J connectivity index is 1.53. The van der Waals surface area contributed by atoms with Gasteiger partial charge < -0.3 is 21.3 Å². The van der Waals surface area contributed by atoms with Gasteiger partial charge >= 0.3 is 0 Å². The normalized spacial score (nSPS) is 30.9. The Morgan fingerprint density at radius 1 is 0.800 bits per heavy atom. The zero-order valence-electron chi connectivity index (χ0n) is 13.4. The minimum atomic E-state index is 0.584. The van der Waals surface area contributed by atoms with Crippen LogP contribution in [0.25, 0.3) is 0 Å². The minimum absolute atomic E-state index is 0.584. The Morgan fingerprint density at radius 3 is 1.60 bits per heavy atom. The maximum atomic E-state index is 3.67. The van der Waals surface area contributed by atoms with Gasteiger partial charge in [-0.3, -0.25) is 0 Å². The third-order valence-corrected chi connectivity index (χ3v) is 4.96. The average molecular weight is 282 g/mol. The lowest BCUT2D eigenvalue weighted by Gasteiger charge is -2.31. The molecule has 0 aromatic heterocycles. The molecule has 2 saturated heterocycles. The van der Waals surface area contributed by atoms with Gasteiger partial charge in [0.1, 0.15) is 0 Å². The molecule has 2 heterocycles. The van der Waals surface area contributed by atoms with Crippen LogP contribution in [0.5, 0.6) is 0 Å². The Hall–Kier alpha value is -0.160. The molecule has 4 nitrogen and oxygen atoms in total. The van der Waals surface area contributed by atoms with E-state index < -0.39 is 0 Å². The van der Waals surface area contributed by atoms with Crippen LogP contribution < -0.4 is 21.3 Å². The summed E-state index contributed by atoms with van der Waals surface area (Å²) in [5, 5.41) is 14.6. The minimum Gasteiger partial charge on any atom is -0.312 e. The molecule has 0 radical (unpaired) electrons. The van der Waals surface area contributed by atoms with E-state index in [1.807, 2.05) is 0 Å². The van der Waals surface area contributed by atoms with Crippen LogP contribution in [-0.2, 0) is 0 Å². The zero-order valence-corrected chi connectivity index (χ0v) is 13.4. The van der Waals surface area contributed by atoms with Crippen LogP contribution in [0, 0.1) is 0 Å². The molecule has 2 rings (SSSR count). The van der Waals surface area contributed by atoms with Crippen LogP contribution in [0.2, 0.25) is 0 Å². The molecule has 2 aliphatic rings. The SMILES string of the molecule is C[C@H](NCCN[C@H](C)[C@H]1CCCCN1)[C@@H]1CCCCN1. The van der Waals surface area contributed by atoms with Crippen LogP contribution in [0.1, 0.15) is 52.4 Å². The fourth-order valence-electron chi connectivity index (χ4n) is 3.50. The Bertz CT molecular complexity index is 221. The van der Waals surface area contributed by atoms with E-state index in [2.05, 4.69) is 35.1 Å². The van der Waals surface area contributed by atoms with Gasteiger partial charge in [0, 0.05) is 37.3 Å². The third kappa shape index (κ3) is 5.32. The summed E-state index contributed by atoms with van der Waals surface area (Å²) in [5.41, 5.74) is 0. The number of nitrogens with one attached hydrogen (secondary N) is 4. The summed E-state index contributed by atoms with van der Waals surface area (Å²) >= 11 is 0. The van der Waals surface area contributed by atoms with E-state index in [-0.39, 0.29) is 0 Å². The van der Waals surface area contributed by atoms with Crippen LogP contribution in [0.3, 0.4) is 0 Å². The Kier molecular flexibility index (Phi) is 7.28. The molecule has 0 spiro atoms. The maximum Gasteiger partial charge on any atom is 0.0218 e. The van der Waals surface area contributed by atoms with Crippen LogP contribution in [0.4, 0.5) is 0 Å². The molecule has 0 aromatic carbocycles. The smallest absolute Gasteiger partial charge is 0.0218 e. The predicted octanol–water partition coefficient (Wildman–Crippen LogP) is 1.23. The van der Waals surface area contributed by atoms with Crippen molar-refractivity contribution in [3.63, 3.8) is 0 Å². The van der Waals surface area contributed by atoms with E-state index in [0.717, 1.165) is 13.1 Å². The summed E-state index contributed by atoms with van der Waals surface area (Å²) < 4.78 is 0. The van der Waals surface area contributed by atoms with E-state index in [1.165, 1.54) is 51.6 Å². The highest BCUT2D eigenvalue weighted by molar-refractivity contribution is 4.84. The summed E-state index contributed by atoms with van der Waals surface area (Å²) in [6.45, 7) is 9.15. The molecule has 2 aliphatic heterocycles. The fraction of sp³-hybridized carbons (Fsp3) is 1.00. The van der Waals surface area contributed by atoms with E-state index in [0.29, 0.717) is 24.2 Å². The largest absolute Gasteiger partial charge is 0.312 e. The van der Waals surface area contributed by atoms with Crippen molar-refractivity contribution in [2.45, 2.75) is 76.5 Å². The average Bonchev–Trinajstić information content (AvgIpc) is 2.53. The zero-order chi connectivity index (χ0) is 14.2. The maximum absolute atomic E-state index is 3.67. The van der Waals surface area contributed by atoms with Gasteiger partial charge in [-0.1, -0.05) is 12.8 Å². The summed E-state index contributed by atoms with van der Waals surface area (Å²) in [5.74, 6) is 0. The molecule has 4 N–H and O–H groups in total. The van der Waals surface area contributed by atoms with Crippen molar-refractivity contribution in [2.75, 3.05) is 26.2 Å². The molecular weight excluding hydrogens is 248 g/mol. The first-order valence-corrected chi connectivity index (χ1v) is 8.71. The second kappa shape index (κ2) is 8.98. The van der Waals surface area contributed by atoms with Crippen LogP contribution in [0.15, 0.2) is 0 Å². The fourth-order valence-corrected chi connectivity index (χ4v) is 3.50. The highest BCUT2D eigenvalue weighted by atomic mass is 15.1. The predicted molar refractivity (Wildman–Crippen MR) is 86.2 cm³/mol. The standard InChI is InChI=1S/C16H34N4/c1-13(15-7-3-5-9-19-15)17-11-12-18-14(2)16-8-4-6-10-20-16/h13-20H,3-12H2,1-2H3/t13-,14+,15-,16+. The number of rotatable bonds is 7. The molecule has 4 atom stereocenters. The van der Waals surface area contributed by atoms with Crippen molar-refractivity contribution < 1.29 is 0 Å². The Labute approximate surface area is 124 Å². The second-order valence-electron chi connectivity index (χ2n) is 6.60. The lowest BCUT2D eigenvalue weighted by molar-refractivity contribution is 0.308. The molecule has 0 aromatic rings. The summed E-state index contributed by atoms with van der Waals surface area (Å²) in [6.07, 6.45) is 8.10. The molecule has 118 valence electrons. The number of hydrogen-bond acceptors (Lipinski definition) is 4. The quantitative estimate of drug-likeness (QED) is 0.531. The molecule has 0 aliphatic carbocycles. The van der Waals surface area contributed by atoms with E-state index in [9.17, 15) is 0 Å². The molecule has 4 heteroatoms. The summed E-state index contributed by atoms with van der Waals surface area (Å²) in [4.78, 5) is 0. The van der Waals surface area contributed by atoms with Crippen molar-refractivity contribution in [2.24, 2.45) is 0 Å². The molecule has 0 saturated carbocycles. The van der Waals surface area contributed by atoms with Gasteiger partial charge in [-0.25, -0.2) is 0 Å². The summed E-state index contributed by atoms with van der Waals surface area (Å²) in [7, 11) is 0. The molecule has 0 bridgehead atoms. The molecular formula is C16H34N4. The Morgan fingerprint density at radius 2 is 1.25 bits per heavy atom. The monoisotopic (exact) mass is 282 g/mol. The first kappa shape index (κ1) is 16.2. The van der Waals surface area contributed by atoms with Gasteiger partial charge in [0.2, 0.25) is 0 Å². The number of piperidine rings is 2. The van der Waals surface area contributed by atoms with E-state index in [4.69, 9.17) is 0 Å². The molecule has 20 heavy (non-hydrogen) atoms. The highest BCUT2D eigenvalue weighted by Crippen LogP contribution is 2.11. The van der Waals surface area contributed by atoms with Crippen molar-refractivity contribution >= 4 is 0 Å². The van der Waals surface area contributed by atoms with Gasteiger partial charge in [0.05, 0.1) is 0 Å². The topological polar surface area (TPSA) is 48.1 Å². The van der Waals surface area contributed by atoms with Crippen molar-refractivity contribution in [1.29, 1.82) is 0 Å². The van der Waals surface area contributed by atoms with Gasteiger partial charge in [0.25, 0.3) is 0 Å². The van der Waals surface area contributed by atoms with Crippen molar-refractivity contribution in [3.05, 3.63) is 0 Å². The summed E-state index contributed by atoms with van der Waals surface area (Å²) in [6, 6.07) is 2.50. The lowest BCUT2D eigenvalue weighted by Crippen LogP contribution is -2.52. The first-order valence-electron chi connectivity index (χ1n) is 8.71. The van der Waals surface area contributed by atoms with Gasteiger partial charge in [-0.05, 0) is 52.6 Å². The van der Waals surface area contributed by atoms with Gasteiger partial charge in [-0.2, -0.15) is 0 Å². The molecule has 0 amide bonds. The van der Waals surface area contributed by atoms with Crippen molar-refractivity contribution in [1.82, 2.24) is 21.3 Å². The first-order chi connectivity index (χ1) is 9.77.